The van der Waals surface area contributed by atoms with Crippen molar-refractivity contribution in [3.05, 3.63) is 35.4 Å². The van der Waals surface area contributed by atoms with Gasteiger partial charge in [0.1, 0.15) is 11.4 Å². The quantitative estimate of drug-likeness (QED) is 0.689. The van der Waals surface area contributed by atoms with Gasteiger partial charge in [0, 0.05) is 5.56 Å². The van der Waals surface area contributed by atoms with E-state index < -0.39 is 6.04 Å². The summed E-state index contributed by atoms with van der Waals surface area (Å²) in [5, 5.41) is 2.30. The molecule has 2 amide bonds. The van der Waals surface area contributed by atoms with Crippen LogP contribution in [0.15, 0.2) is 24.3 Å². The van der Waals surface area contributed by atoms with Crippen LogP contribution in [-0.4, -0.2) is 28.1 Å². The topological polar surface area (TPSA) is 49.4 Å². The maximum Gasteiger partial charge on any atom is 0.256 e. The first-order valence-electron chi connectivity index (χ1n) is 6.17. The number of thiol groups is 2. The van der Waals surface area contributed by atoms with Gasteiger partial charge in [0.2, 0.25) is 5.91 Å². The molecule has 6 heteroatoms. The van der Waals surface area contributed by atoms with E-state index in [1.807, 2.05) is 18.2 Å². The zero-order valence-electron chi connectivity index (χ0n) is 10.1. The third-order valence-corrected chi connectivity index (χ3v) is 4.54. The van der Waals surface area contributed by atoms with Crippen LogP contribution in [0.25, 0.3) is 0 Å². The largest absolute Gasteiger partial charge is 0.343 e. The van der Waals surface area contributed by atoms with Crippen molar-refractivity contribution in [2.24, 2.45) is 0 Å². The summed E-state index contributed by atoms with van der Waals surface area (Å²) in [6, 6.07) is 6.91. The van der Waals surface area contributed by atoms with Gasteiger partial charge < -0.3 is 10.2 Å². The molecule has 4 nitrogen and oxygen atoms in total. The normalized spacial score (nSPS) is 30.2. The van der Waals surface area contributed by atoms with Crippen molar-refractivity contribution in [3.8, 4) is 0 Å². The van der Waals surface area contributed by atoms with Crippen molar-refractivity contribution in [2.45, 2.75) is 29.6 Å². The van der Waals surface area contributed by atoms with Gasteiger partial charge in [-0.3, -0.25) is 9.59 Å². The summed E-state index contributed by atoms with van der Waals surface area (Å²) >= 11 is 8.75. The Morgan fingerprint density at radius 2 is 1.89 bits per heavy atom. The molecular weight excluding hydrogens is 280 g/mol. The lowest BCUT2D eigenvalue weighted by atomic mass is 10.1. The van der Waals surface area contributed by atoms with Gasteiger partial charge in [-0.1, -0.05) is 18.2 Å². The predicted molar refractivity (Wildman–Crippen MR) is 78.3 cm³/mol. The Balaban J connectivity index is 1.92. The number of rotatable bonds is 1. The van der Waals surface area contributed by atoms with Gasteiger partial charge in [0.15, 0.2) is 0 Å². The van der Waals surface area contributed by atoms with Crippen molar-refractivity contribution in [3.63, 3.8) is 0 Å². The van der Waals surface area contributed by atoms with Crippen molar-refractivity contribution in [2.75, 3.05) is 0 Å². The summed E-state index contributed by atoms with van der Waals surface area (Å²) in [7, 11) is 0. The van der Waals surface area contributed by atoms with Gasteiger partial charge in [-0.05, 0) is 24.5 Å². The molecule has 2 aliphatic heterocycles. The van der Waals surface area contributed by atoms with Crippen LogP contribution < -0.4 is 5.32 Å². The second-order valence-electron chi connectivity index (χ2n) is 4.79. The standard InChI is InChI=1S/C13H14N2O2S2/c16-11-9(5-6-10(18)14-11)15-12(17)7-3-1-2-4-8(7)13(15)19/h1-4,9-10,13,18-19H,5-6H2,(H,14,16). The van der Waals surface area contributed by atoms with E-state index >= 15 is 0 Å². The molecule has 1 aromatic rings. The van der Waals surface area contributed by atoms with Gasteiger partial charge >= 0.3 is 0 Å². The minimum absolute atomic E-state index is 0.117. The molecule has 19 heavy (non-hydrogen) atoms. The fourth-order valence-electron chi connectivity index (χ4n) is 2.67. The molecule has 1 saturated heterocycles. The zero-order chi connectivity index (χ0) is 13.6. The monoisotopic (exact) mass is 294 g/mol. The maximum atomic E-state index is 12.4. The highest BCUT2D eigenvalue weighted by Gasteiger charge is 2.43. The average Bonchev–Trinajstić information content (AvgIpc) is 2.64. The first-order valence-corrected chi connectivity index (χ1v) is 7.21. The van der Waals surface area contributed by atoms with E-state index in [2.05, 4.69) is 30.6 Å². The smallest absolute Gasteiger partial charge is 0.256 e. The van der Waals surface area contributed by atoms with E-state index in [-0.39, 0.29) is 22.6 Å². The highest BCUT2D eigenvalue weighted by molar-refractivity contribution is 7.81. The molecule has 1 N–H and O–H groups in total. The number of hydrogen-bond donors (Lipinski definition) is 3. The predicted octanol–water partition coefficient (Wildman–Crippen LogP) is 1.61. The summed E-state index contributed by atoms with van der Waals surface area (Å²) in [6.45, 7) is 0. The number of benzene rings is 1. The number of fused-ring (bicyclic) bond motifs is 1. The van der Waals surface area contributed by atoms with Gasteiger partial charge in [-0.2, -0.15) is 12.6 Å². The SMILES string of the molecule is O=C1NC(S)CCC1N1C(=O)c2ccccc2C1S. The average molecular weight is 294 g/mol. The van der Waals surface area contributed by atoms with E-state index in [4.69, 9.17) is 0 Å². The first kappa shape index (κ1) is 12.9. The Kier molecular flexibility index (Phi) is 3.22. The first-order chi connectivity index (χ1) is 9.09. The maximum absolute atomic E-state index is 12.4. The van der Waals surface area contributed by atoms with Gasteiger partial charge in [0.05, 0.1) is 5.37 Å². The van der Waals surface area contributed by atoms with Crippen LogP contribution >= 0.6 is 25.3 Å². The molecule has 3 atom stereocenters. The molecule has 2 heterocycles. The minimum atomic E-state index is -0.453. The lowest BCUT2D eigenvalue weighted by Gasteiger charge is -2.34. The number of nitrogens with one attached hydrogen (secondary N) is 1. The van der Waals surface area contributed by atoms with Crippen molar-refractivity contribution in [1.29, 1.82) is 0 Å². The molecule has 0 saturated carbocycles. The molecule has 1 fully saturated rings. The Morgan fingerprint density at radius 3 is 2.58 bits per heavy atom. The molecular formula is C13H14N2O2S2. The Morgan fingerprint density at radius 1 is 1.16 bits per heavy atom. The highest BCUT2D eigenvalue weighted by atomic mass is 32.1. The van der Waals surface area contributed by atoms with Gasteiger partial charge in [-0.25, -0.2) is 0 Å². The zero-order valence-corrected chi connectivity index (χ0v) is 11.9. The molecule has 1 aromatic carbocycles. The van der Waals surface area contributed by atoms with Gasteiger partial charge in [0.25, 0.3) is 5.91 Å². The summed E-state index contributed by atoms with van der Waals surface area (Å²) in [6.07, 6.45) is 1.37. The number of hydrogen-bond acceptors (Lipinski definition) is 4. The molecule has 0 aliphatic carbocycles. The van der Waals surface area contributed by atoms with E-state index in [0.717, 1.165) is 12.0 Å². The second-order valence-corrected chi connectivity index (χ2v) is 5.90. The number of nitrogens with zero attached hydrogens (tertiary/aromatic N) is 1. The third-order valence-electron chi connectivity index (χ3n) is 3.63. The number of piperidine rings is 1. The summed E-state index contributed by atoms with van der Waals surface area (Å²) in [5.74, 6) is -0.264. The Labute approximate surface area is 122 Å². The summed E-state index contributed by atoms with van der Waals surface area (Å²) < 4.78 is 0. The number of carbonyl (C=O) groups is 2. The lowest BCUT2D eigenvalue weighted by molar-refractivity contribution is -0.127. The van der Waals surface area contributed by atoms with Crippen molar-refractivity contribution in [1.82, 2.24) is 10.2 Å². The van der Waals surface area contributed by atoms with Crippen LogP contribution in [0, 0.1) is 0 Å². The van der Waals surface area contributed by atoms with E-state index in [1.54, 1.807) is 11.0 Å². The fourth-order valence-corrected chi connectivity index (χ4v) is 3.44. The molecule has 3 rings (SSSR count). The number of carbonyl (C=O) groups excluding carboxylic acids is 2. The van der Waals surface area contributed by atoms with Gasteiger partial charge in [-0.15, -0.1) is 12.6 Å². The van der Waals surface area contributed by atoms with Crippen LogP contribution in [0.2, 0.25) is 0 Å². The fraction of sp³-hybridized carbons (Fsp3) is 0.385. The van der Waals surface area contributed by atoms with Crippen LogP contribution in [0.3, 0.4) is 0 Å². The van der Waals surface area contributed by atoms with E-state index in [1.165, 1.54) is 0 Å². The second kappa shape index (κ2) is 4.76. The molecule has 2 aliphatic rings. The molecule has 0 radical (unpaired) electrons. The van der Waals surface area contributed by atoms with Crippen LogP contribution in [0.1, 0.15) is 34.1 Å². The summed E-state index contributed by atoms with van der Waals surface area (Å²) in [5.41, 5.74) is 1.51. The Bertz CT molecular complexity index is 549. The van der Waals surface area contributed by atoms with Crippen molar-refractivity contribution < 1.29 is 9.59 Å². The molecule has 0 bridgehead atoms. The molecule has 0 aromatic heterocycles. The Hall–Kier alpha value is -1.14. The molecule has 100 valence electrons. The van der Waals surface area contributed by atoms with Crippen molar-refractivity contribution >= 4 is 37.1 Å². The third kappa shape index (κ3) is 2.03. The van der Waals surface area contributed by atoms with E-state index in [0.29, 0.717) is 12.0 Å². The molecule has 0 spiro atoms. The minimum Gasteiger partial charge on any atom is -0.343 e. The van der Waals surface area contributed by atoms with Crippen LogP contribution in [0.4, 0.5) is 0 Å². The number of amides is 2. The molecule has 3 unspecified atom stereocenters. The van der Waals surface area contributed by atoms with Crippen LogP contribution in [-0.2, 0) is 4.79 Å². The van der Waals surface area contributed by atoms with E-state index in [9.17, 15) is 9.59 Å². The summed E-state index contributed by atoms with van der Waals surface area (Å²) in [4.78, 5) is 26.0. The van der Waals surface area contributed by atoms with Crippen LogP contribution in [0.5, 0.6) is 0 Å². The lowest BCUT2D eigenvalue weighted by Crippen LogP contribution is -2.53. The highest BCUT2D eigenvalue weighted by Crippen LogP contribution is 2.39.